The second-order valence-electron chi connectivity index (χ2n) is 7.32. The molecule has 0 atom stereocenters. The number of benzene rings is 2. The molecule has 164 valence electrons. The molecule has 2 heterocycles. The van der Waals surface area contributed by atoms with Gasteiger partial charge in [-0.05, 0) is 61.2 Å². The Morgan fingerprint density at radius 3 is 2.44 bits per heavy atom. The average molecular weight is 467 g/mol. The highest BCUT2D eigenvalue weighted by Crippen LogP contribution is 2.23. The maximum Gasteiger partial charge on any atom is 0.271 e. The molecule has 0 bridgehead atoms. The molecule has 1 amide bonds. The number of carbonyl (C=O) groups is 1. The number of aryl methyl sites for hydroxylation is 2. The summed E-state index contributed by atoms with van der Waals surface area (Å²) in [6.07, 6.45) is 0.156. The first-order chi connectivity index (χ1) is 15.3. The lowest BCUT2D eigenvalue weighted by Crippen LogP contribution is -2.16. The number of nitrogens with one attached hydrogen (secondary N) is 2. The molecule has 0 radical (unpaired) electrons. The van der Waals surface area contributed by atoms with Gasteiger partial charge in [0, 0.05) is 11.4 Å². The van der Waals surface area contributed by atoms with Gasteiger partial charge in [-0.25, -0.2) is 13.1 Å². The lowest BCUT2D eigenvalue weighted by molar-refractivity contribution is -0.115. The van der Waals surface area contributed by atoms with Crippen LogP contribution >= 0.6 is 11.3 Å². The standard InChI is InChI=1S/C23H22N4O3S2/c1-16-14-17(2)27(25-16)21-7-4-3-6-20(21)24-22(28)15-18-9-11-19(12-10-18)26-32(29,30)23-8-5-13-31-23/h3-14,26H,15H2,1-2H3,(H,24,28). The number of anilines is 2. The number of hydrogen-bond donors (Lipinski definition) is 2. The monoisotopic (exact) mass is 466 g/mol. The van der Waals surface area contributed by atoms with Crippen molar-refractivity contribution in [2.24, 2.45) is 0 Å². The first-order valence-corrected chi connectivity index (χ1v) is 12.3. The first-order valence-electron chi connectivity index (χ1n) is 9.89. The van der Waals surface area contributed by atoms with Gasteiger partial charge in [-0.2, -0.15) is 5.10 Å². The molecule has 4 aromatic rings. The van der Waals surface area contributed by atoms with Crippen molar-refractivity contribution in [3.05, 3.63) is 89.1 Å². The Labute approximate surface area is 190 Å². The number of thiophene rings is 1. The van der Waals surface area contributed by atoms with Gasteiger partial charge in [0.15, 0.2) is 0 Å². The fourth-order valence-electron chi connectivity index (χ4n) is 3.33. The molecule has 0 fully saturated rings. The van der Waals surface area contributed by atoms with Crippen LogP contribution in [0.1, 0.15) is 17.0 Å². The van der Waals surface area contributed by atoms with Crippen molar-refractivity contribution in [3.8, 4) is 5.69 Å². The largest absolute Gasteiger partial charge is 0.324 e. The van der Waals surface area contributed by atoms with E-state index in [-0.39, 0.29) is 16.5 Å². The van der Waals surface area contributed by atoms with Crippen molar-refractivity contribution in [3.63, 3.8) is 0 Å². The Hall–Kier alpha value is -3.43. The third-order valence-corrected chi connectivity index (χ3v) is 7.53. The van der Waals surface area contributed by atoms with Crippen LogP contribution in [-0.4, -0.2) is 24.1 Å². The van der Waals surface area contributed by atoms with Gasteiger partial charge in [-0.3, -0.25) is 9.52 Å². The predicted octanol–water partition coefficient (Wildman–Crippen LogP) is 4.53. The van der Waals surface area contributed by atoms with Gasteiger partial charge in [0.05, 0.1) is 23.5 Å². The van der Waals surface area contributed by atoms with Crippen molar-refractivity contribution >= 4 is 38.6 Å². The Kier molecular flexibility index (Phi) is 6.11. The molecule has 2 N–H and O–H groups in total. The number of aromatic nitrogens is 2. The molecule has 0 saturated carbocycles. The minimum Gasteiger partial charge on any atom is -0.324 e. The zero-order chi connectivity index (χ0) is 22.7. The molecule has 7 nitrogen and oxygen atoms in total. The number of amides is 1. The Balaban J connectivity index is 1.44. The summed E-state index contributed by atoms with van der Waals surface area (Å²) in [6.45, 7) is 3.89. The quantitative estimate of drug-likeness (QED) is 0.418. The summed E-state index contributed by atoms with van der Waals surface area (Å²) in [4.78, 5) is 12.7. The van der Waals surface area contributed by atoms with E-state index < -0.39 is 10.0 Å². The number of carbonyl (C=O) groups excluding carboxylic acids is 1. The molecule has 4 rings (SSSR count). The van der Waals surface area contributed by atoms with Crippen molar-refractivity contribution in [2.75, 3.05) is 10.0 Å². The molecule has 0 unspecified atom stereocenters. The minimum atomic E-state index is -3.60. The molecular formula is C23H22N4O3S2. The SMILES string of the molecule is Cc1cc(C)n(-c2ccccc2NC(=O)Cc2ccc(NS(=O)(=O)c3cccs3)cc2)n1. The van der Waals surface area contributed by atoms with Gasteiger partial charge in [-0.15, -0.1) is 11.3 Å². The minimum absolute atomic E-state index is 0.156. The molecule has 0 saturated heterocycles. The number of hydrogen-bond acceptors (Lipinski definition) is 5. The fourth-order valence-corrected chi connectivity index (χ4v) is 5.38. The topological polar surface area (TPSA) is 93.1 Å². The summed E-state index contributed by atoms with van der Waals surface area (Å²) >= 11 is 1.15. The lowest BCUT2D eigenvalue weighted by atomic mass is 10.1. The lowest BCUT2D eigenvalue weighted by Gasteiger charge is -2.13. The van der Waals surface area contributed by atoms with Gasteiger partial charge in [0.25, 0.3) is 10.0 Å². The van der Waals surface area contributed by atoms with E-state index in [2.05, 4.69) is 15.1 Å². The zero-order valence-electron chi connectivity index (χ0n) is 17.6. The van der Waals surface area contributed by atoms with Crippen LogP contribution in [0.5, 0.6) is 0 Å². The fraction of sp³-hybridized carbons (Fsp3) is 0.130. The van der Waals surface area contributed by atoms with Crippen molar-refractivity contribution in [2.45, 2.75) is 24.5 Å². The smallest absolute Gasteiger partial charge is 0.271 e. The molecule has 0 spiro atoms. The van der Waals surface area contributed by atoms with Crippen LogP contribution in [0, 0.1) is 13.8 Å². The second-order valence-corrected chi connectivity index (χ2v) is 10.2. The summed E-state index contributed by atoms with van der Waals surface area (Å²) in [5, 5.41) is 9.17. The van der Waals surface area contributed by atoms with E-state index in [4.69, 9.17) is 0 Å². The maximum atomic E-state index is 12.7. The van der Waals surface area contributed by atoms with E-state index in [9.17, 15) is 13.2 Å². The van der Waals surface area contributed by atoms with Crippen LogP contribution in [0.15, 0.2) is 76.3 Å². The summed E-state index contributed by atoms with van der Waals surface area (Å²) in [5.41, 5.74) is 4.56. The second kappa shape index (κ2) is 8.97. The summed E-state index contributed by atoms with van der Waals surface area (Å²) < 4.78 is 29.3. The van der Waals surface area contributed by atoms with Crippen LogP contribution in [-0.2, 0) is 21.2 Å². The molecule has 2 aromatic carbocycles. The third kappa shape index (κ3) is 4.90. The normalized spacial score (nSPS) is 11.3. The highest BCUT2D eigenvalue weighted by Gasteiger charge is 2.15. The summed E-state index contributed by atoms with van der Waals surface area (Å²) in [6, 6.07) is 19.5. The molecular weight excluding hydrogens is 444 g/mol. The molecule has 2 aromatic heterocycles. The molecule has 0 aliphatic heterocycles. The van der Waals surface area contributed by atoms with E-state index in [0.717, 1.165) is 34.0 Å². The van der Waals surface area contributed by atoms with E-state index in [0.29, 0.717) is 11.4 Å². The number of nitrogens with zero attached hydrogens (tertiary/aromatic N) is 2. The van der Waals surface area contributed by atoms with Gasteiger partial charge in [0.2, 0.25) is 5.91 Å². The van der Waals surface area contributed by atoms with Gasteiger partial charge < -0.3 is 5.32 Å². The molecule has 32 heavy (non-hydrogen) atoms. The number of rotatable bonds is 7. The average Bonchev–Trinajstić information content (AvgIpc) is 3.40. The number of para-hydroxylation sites is 2. The van der Waals surface area contributed by atoms with Crippen LogP contribution in [0.3, 0.4) is 0 Å². The van der Waals surface area contributed by atoms with E-state index in [1.54, 1.807) is 46.5 Å². The molecule has 0 aliphatic rings. The van der Waals surface area contributed by atoms with Crippen LogP contribution < -0.4 is 10.0 Å². The Morgan fingerprint density at radius 2 is 1.78 bits per heavy atom. The molecule has 0 aliphatic carbocycles. The first kappa shape index (κ1) is 21.8. The van der Waals surface area contributed by atoms with Crippen molar-refractivity contribution < 1.29 is 13.2 Å². The number of sulfonamides is 1. The highest BCUT2D eigenvalue weighted by molar-refractivity contribution is 7.94. The predicted molar refractivity (Wildman–Crippen MR) is 127 cm³/mol. The van der Waals surface area contributed by atoms with Crippen LogP contribution in [0.4, 0.5) is 11.4 Å². The third-order valence-electron chi connectivity index (χ3n) is 4.75. The van der Waals surface area contributed by atoms with Gasteiger partial charge >= 0.3 is 0 Å². The molecule has 9 heteroatoms. The summed E-state index contributed by atoms with van der Waals surface area (Å²) in [7, 11) is -3.60. The van der Waals surface area contributed by atoms with Crippen molar-refractivity contribution in [1.82, 2.24) is 9.78 Å². The van der Waals surface area contributed by atoms with Crippen LogP contribution in [0.2, 0.25) is 0 Å². The zero-order valence-corrected chi connectivity index (χ0v) is 19.2. The van der Waals surface area contributed by atoms with Gasteiger partial charge in [0.1, 0.15) is 4.21 Å². The van der Waals surface area contributed by atoms with Gasteiger partial charge in [-0.1, -0.05) is 30.3 Å². The van der Waals surface area contributed by atoms with E-state index in [1.807, 2.05) is 44.2 Å². The van der Waals surface area contributed by atoms with Crippen molar-refractivity contribution in [1.29, 1.82) is 0 Å². The van der Waals surface area contributed by atoms with Crippen LogP contribution in [0.25, 0.3) is 5.69 Å². The Bertz CT molecular complexity index is 1340. The highest BCUT2D eigenvalue weighted by atomic mass is 32.2. The van der Waals surface area contributed by atoms with E-state index >= 15 is 0 Å². The maximum absolute atomic E-state index is 12.7. The summed E-state index contributed by atoms with van der Waals surface area (Å²) in [5.74, 6) is -0.175. The Morgan fingerprint density at radius 1 is 1.03 bits per heavy atom. The van der Waals surface area contributed by atoms with E-state index in [1.165, 1.54) is 0 Å².